The summed E-state index contributed by atoms with van der Waals surface area (Å²) in [4.78, 5) is 22.6. The summed E-state index contributed by atoms with van der Waals surface area (Å²) >= 11 is 0. The van der Waals surface area contributed by atoms with Crippen molar-refractivity contribution in [1.29, 1.82) is 0 Å². The van der Waals surface area contributed by atoms with Crippen molar-refractivity contribution >= 4 is 11.6 Å². The Labute approximate surface area is 249 Å². The second-order valence-corrected chi connectivity index (χ2v) is 11.1. The Hall–Kier alpha value is -4.43. The molecule has 5 aromatic rings. The normalized spacial score (nSPS) is 15.2. The van der Waals surface area contributed by atoms with Crippen molar-refractivity contribution in [2.75, 3.05) is 26.2 Å². The molecular formula is C35H33F3N4O. The minimum absolute atomic E-state index is 0.0455. The monoisotopic (exact) mass is 582 g/mol. The van der Waals surface area contributed by atoms with Crippen LogP contribution in [0.25, 0.3) is 5.65 Å². The van der Waals surface area contributed by atoms with Gasteiger partial charge in [0.05, 0.1) is 17.3 Å². The van der Waals surface area contributed by atoms with Gasteiger partial charge in [0.15, 0.2) is 0 Å². The van der Waals surface area contributed by atoms with Crippen LogP contribution < -0.4 is 0 Å². The third-order valence-corrected chi connectivity index (χ3v) is 8.37. The molecule has 0 saturated carbocycles. The molecule has 2 aromatic heterocycles. The zero-order valence-electron chi connectivity index (χ0n) is 23.9. The molecule has 1 amide bonds. The van der Waals surface area contributed by atoms with Crippen LogP contribution in [0, 0.1) is 6.92 Å². The van der Waals surface area contributed by atoms with Gasteiger partial charge in [-0.3, -0.25) is 9.69 Å². The fourth-order valence-electron chi connectivity index (χ4n) is 6.17. The number of rotatable bonds is 7. The highest BCUT2D eigenvalue weighted by molar-refractivity contribution is 5.78. The summed E-state index contributed by atoms with van der Waals surface area (Å²) in [5, 5.41) is 0. The highest BCUT2D eigenvalue weighted by Crippen LogP contribution is 2.36. The van der Waals surface area contributed by atoms with Gasteiger partial charge in [0.2, 0.25) is 5.91 Å². The van der Waals surface area contributed by atoms with Crippen molar-refractivity contribution in [2.45, 2.75) is 31.5 Å². The molecule has 6 rings (SSSR count). The van der Waals surface area contributed by atoms with Gasteiger partial charge in [0, 0.05) is 50.9 Å². The number of aromatic nitrogens is 2. The van der Waals surface area contributed by atoms with Gasteiger partial charge >= 0.3 is 6.18 Å². The predicted octanol–water partition coefficient (Wildman–Crippen LogP) is 7.12. The average Bonchev–Trinajstić information content (AvgIpc) is 3.46. The van der Waals surface area contributed by atoms with E-state index in [1.165, 1.54) is 17.2 Å². The second-order valence-electron chi connectivity index (χ2n) is 11.1. The van der Waals surface area contributed by atoms with E-state index in [1.54, 1.807) is 12.3 Å². The van der Waals surface area contributed by atoms with Crippen LogP contribution in [-0.4, -0.2) is 51.3 Å². The first-order valence-corrected chi connectivity index (χ1v) is 14.5. The quantitative estimate of drug-likeness (QED) is 0.205. The van der Waals surface area contributed by atoms with E-state index in [1.807, 2.05) is 71.0 Å². The second kappa shape index (κ2) is 12.1. The van der Waals surface area contributed by atoms with Gasteiger partial charge in [0.1, 0.15) is 5.65 Å². The summed E-state index contributed by atoms with van der Waals surface area (Å²) < 4.78 is 42.9. The molecule has 220 valence electrons. The van der Waals surface area contributed by atoms with E-state index in [9.17, 15) is 18.0 Å². The van der Waals surface area contributed by atoms with E-state index in [-0.39, 0.29) is 18.4 Å². The summed E-state index contributed by atoms with van der Waals surface area (Å²) in [5.41, 5.74) is 4.47. The summed E-state index contributed by atoms with van der Waals surface area (Å²) in [6.07, 6.45) is -0.903. The zero-order valence-corrected chi connectivity index (χ0v) is 23.9. The first-order valence-electron chi connectivity index (χ1n) is 14.5. The molecule has 5 nitrogen and oxygen atoms in total. The highest BCUT2D eigenvalue weighted by Gasteiger charge is 2.33. The van der Waals surface area contributed by atoms with Crippen molar-refractivity contribution in [3.05, 3.63) is 143 Å². The van der Waals surface area contributed by atoms with Crippen LogP contribution in [0.2, 0.25) is 0 Å². The number of carbonyl (C=O) groups is 1. The smallest absolute Gasteiger partial charge is 0.340 e. The van der Waals surface area contributed by atoms with Gasteiger partial charge in [-0.2, -0.15) is 13.2 Å². The number of nitrogens with zero attached hydrogens (tertiary/aromatic N) is 4. The lowest BCUT2D eigenvalue weighted by atomic mass is 9.90. The van der Waals surface area contributed by atoms with Gasteiger partial charge < -0.3 is 9.30 Å². The maximum atomic E-state index is 13.8. The van der Waals surface area contributed by atoms with Crippen LogP contribution in [0.1, 0.15) is 51.9 Å². The summed E-state index contributed by atoms with van der Waals surface area (Å²) in [5.74, 6) is -0.674. The van der Waals surface area contributed by atoms with Gasteiger partial charge in [0.25, 0.3) is 0 Å². The lowest BCUT2D eigenvalue weighted by Gasteiger charge is -2.40. The van der Waals surface area contributed by atoms with Crippen LogP contribution >= 0.6 is 0 Å². The first kappa shape index (κ1) is 28.7. The average molecular weight is 583 g/mol. The van der Waals surface area contributed by atoms with Crippen LogP contribution in [0.4, 0.5) is 13.2 Å². The Morgan fingerprint density at radius 1 is 0.814 bits per heavy atom. The number of amides is 1. The molecule has 0 spiro atoms. The van der Waals surface area contributed by atoms with Crippen LogP contribution in [0.3, 0.4) is 0 Å². The zero-order chi connectivity index (χ0) is 30.0. The van der Waals surface area contributed by atoms with Gasteiger partial charge in [-0.1, -0.05) is 84.9 Å². The van der Waals surface area contributed by atoms with Crippen molar-refractivity contribution in [3.8, 4) is 0 Å². The molecule has 3 heterocycles. The third-order valence-electron chi connectivity index (χ3n) is 8.37. The number of benzene rings is 3. The maximum absolute atomic E-state index is 13.8. The third kappa shape index (κ3) is 6.06. The van der Waals surface area contributed by atoms with Gasteiger partial charge in [-0.25, -0.2) is 4.98 Å². The van der Waals surface area contributed by atoms with E-state index in [0.29, 0.717) is 37.4 Å². The molecule has 1 unspecified atom stereocenters. The van der Waals surface area contributed by atoms with Crippen molar-refractivity contribution in [3.63, 3.8) is 0 Å². The van der Waals surface area contributed by atoms with E-state index in [2.05, 4.69) is 34.1 Å². The maximum Gasteiger partial charge on any atom is 0.416 e. The predicted molar refractivity (Wildman–Crippen MR) is 161 cm³/mol. The van der Waals surface area contributed by atoms with E-state index in [0.717, 1.165) is 23.3 Å². The molecule has 0 bridgehead atoms. The first-order chi connectivity index (χ1) is 20.8. The number of halogens is 3. The Kier molecular flexibility index (Phi) is 8.04. The standard InChI is InChI=1S/C35H33F3N4O/c1-25-10-9-17-42-31(24-39-34(25)42)30(28-15-8-16-29(22-28)35(36,37)38)23-32(43)40-18-20-41(21-19-40)33(26-11-4-2-5-12-26)27-13-6-3-7-14-27/h2-17,22,24,30,33H,18-21,23H2,1H3. The van der Waals surface area contributed by atoms with Crippen LogP contribution in [0.5, 0.6) is 0 Å². The highest BCUT2D eigenvalue weighted by atomic mass is 19.4. The Morgan fingerprint density at radius 3 is 2.07 bits per heavy atom. The number of hydrogen-bond acceptors (Lipinski definition) is 3. The van der Waals surface area contributed by atoms with Gasteiger partial charge in [-0.15, -0.1) is 0 Å². The summed E-state index contributed by atoms with van der Waals surface area (Å²) in [6.45, 7) is 4.38. The van der Waals surface area contributed by atoms with Gasteiger partial charge in [-0.05, 0) is 41.3 Å². The Morgan fingerprint density at radius 2 is 1.44 bits per heavy atom. The van der Waals surface area contributed by atoms with Crippen LogP contribution in [0.15, 0.2) is 109 Å². The molecule has 1 saturated heterocycles. The minimum atomic E-state index is -4.48. The topological polar surface area (TPSA) is 40.9 Å². The van der Waals surface area contributed by atoms with E-state index in [4.69, 9.17) is 0 Å². The molecule has 1 aliphatic rings. The molecule has 3 aromatic carbocycles. The number of fused-ring (bicyclic) bond motifs is 1. The molecule has 0 radical (unpaired) electrons. The largest absolute Gasteiger partial charge is 0.416 e. The van der Waals surface area contributed by atoms with Crippen LogP contribution in [-0.2, 0) is 11.0 Å². The minimum Gasteiger partial charge on any atom is -0.340 e. The number of imidazole rings is 1. The van der Waals surface area contributed by atoms with E-state index < -0.39 is 17.7 Å². The molecule has 1 atom stereocenters. The molecular weight excluding hydrogens is 549 g/mol. The number of hydrogen-bond donors (Lipinski definition) is 0. The summed E-state index contributed by atoms with van der Waals surface area (Å²) in [6, 6.07) is 29.9. The molecule has 0 aliphatic carbocycles. The van der Waals surface area contributed by atoms with Crippen molar-refractivity contribution in [2.24, 2.45) is 0 Å². The molecule has 8 heteroatoms. The molecule has 0 N–H and O–H groups in total. The Bertz CT molecular complexity index is 1650. The fourth-order valence-corrected chi connectivity index (χ4v) is 6.17. The number of aryl methyl sites for hydroxylation is 1. The van der Waals surface area contributed by atoms with Crippen molar-refractivity contribution < 1.29 is 18.0 Å². The number of carbonyl (C=O) groups excluding carboxylic acids is 1. The summed E-state index contributed by atoms with van der Waals surface area (Å²) in [7, 11) is 0. The lowest BCUT2D eigenvalue weighted by Crippen LogP contribution is -2.50. The van der Waals surface area contributed by atoms with Crippen molar-refractivity contribution in [1.82, 2.24) is 19.2 Å². The number of piperazine rings is 1. The molecule has 1 fully saturated rings. The lowest BCUT2D eigenvalue weighted by molar-refractivity contribution is -0.137. The fraction of sp³-hybridized carbons (Fsp3) is 0.257. The SMILES string of the molecule is Cc1cccn2c(C(CC(=O)N3CCN(C(c4ccccc4)c4ccccc4)CC3)c3cccc(C(F)(F)F)c3)cnc12. The van der Waals surface area contributed by atoms with E-state index >= 15 is 0 Å². The number of pyridine rings is 1. The number of alkyl halides is 3. The Balaban J connectivity index is 1.25. The molecule has 43 heavy (non-hydrogen) atoms. The molecule has 1 aliphatic heterocycles.